The van der Waals surface area contributed by atoms with E-state index >= 15 is 0 Å². The third-order valence-corrected chi connectivity index (χ3v) is 3.88. The summed E-state index contributed by atoms with van der Waals surface area (Å²) < 4.78 is 0. The Morgan fingerprint density at radius 3 is 2.52 bits per heavy atom. The number of amides is 4. The zero-order valence-corrected chi connectivity index (χ0v) is 11.9. The van der Waals surface area contributed by atoms with Crippen molar-refractivity contribution >= 4 is 23.5 Å². The van der Waals surface area contributed by atoms with Gasteiger partial charge in [-0.3, -0.25) is 14.5 Å². The minimum atomic E-state index is -0.336. The normalized spacial score (nSPS) is 18.3. The average Bonchev–Trinajstić information content (AvgIpc) is 3.30. The Hall–Kier alpha value is -2.37. The fourth-order valence-corrected chi connectivity index (χ4v) is 2.42. The largest absolute Gasteiger partial charge is 0.327 e. The maximum Gasteiger partial charge on any atom is 0.327 e. The minimum absolute atomic E-state index is 0.103. The number of imide groups is 1. The van der Waals surface area contributed by atoms with Crippen LogP contribution in [0.5, 0.6) is 0 Å². The zero-order chi connectivity index (χ0) is 15.0. The molecule has 0 unspecified atom stereocenters. The van der Waals surface area contributed by atoms with E-state index in [2.05, 4.69) is 0 Å². The first-order valence-electron chi connectivity index (χ1n) is 7.00. The van der Waals surface area contributed by atoms with E-state index < -0.39 is 0 Å². The molecule has 2 fully saturated rings. The van der Waals surface area contributed by atoms with Crippen LogP contribution in [0, 0.1) is 0 Å². The van der Waals surface area contributed by atoms with Gasteiger partial charge in [-0.1, -0.05) is 18.2 Å². The summed E-state index contributed by atoms with van der Waals surface area (Å²) in [5.74, 6) is -0.567. The summed E-state index contributed by atoms with van der Waals surface area (Å²) >= 11 is 0. The van der Waals surface area contributed by atoms with Gasteiger partial charge < -0.3 is 9.80 Å². The van der Waals surface area contributed by atoms with E-state index in [1.165, 1.54) is 4.90 Å². The predicted octanol–water partition coefficient (Wildman–Crippen LogP) is 1.08. The highest BCUT2D eigenvalue weighted by Crippen LogP contribution is 2.30. The van der Waals surface area contributed by atoms with Crippen LogP contribution in [0.2, 0.25) is 0 Å². The summed E-state index contributed by atoms with van der Waals surface area (Å²) in [6.07, 6.45) is 1.90. The molecule has 0 aromatic heterocycles. The lowest BCUT2D eigenvalue weighted by molar-refractivity contribution is -0.129. The lowest BCUT2D eigenvalue weighted by atomic mass is 10.3. The van der Waals surface area contributed by atoms with Crippen LogP contribution in [0.1, 0.15) is 12.8 Å². The van der Waals surface area contributed by atoms with Crippen LogP contribution in [0.3, 0.4) is 0 Å². The first kappa shape index (κ1) is 13.6. The van der Waals surface area contributed by atoms with Crippen molar-refractivity contribution in [2.24, 2.45) is 0 Å². The molecule has 3 rings (SSSR count). The number of likely N-dealkylation sites (N-methyl/N-ethyl adjacent to an activating group) is 1. The summed E-state index contributed by atoms with van der Waals surface area (Å²) in [5, 5.41) is 0. The van der Waals surface area contributed by atoms with Gasteiger partial charge in [-0.15, -0.1) is 0 Å². The summed E-state index contributed by atoms with van der Waals surface area (Å²) in [6, 6.07) is 9.00. The molecule has 1 aromatic carbocycles. The highest BCUT2D eigenvalue weighted by Gasteiger charge is 2.44. The standard InChI is InChI=1S/C15H17N3O3/c1-16(11-5-3-2-4-6-11)13(19)9-18-14(20)10-17(15(18)21)12-7-8-12/h2-6,12H,7-10H2,1H3. The highest BCUT2D eigenvalue weighted by molar-refractivity contribution is 6.06. The smallest absolute Gasteiger partial charge is 0.314 e. The molecule has 0 atom stereocenters. The number of rotatable bonds is 4. The second-order valence-electron chi connectivity index (χ2n) is 5.41. The molecule has 0 radical (unpaired) electrons. The fraction of sp³-hybridized carbons (Fsp3) is 0.400. The van der Waals surface area contributed by atoms with Crippen molar-refractivity contribution in [1.29, 1.82) is 0 Å². The van der Waals surface area contributed by atoms with Crippen molar-refractivity contribution < 1.29 is 14.4 Å². The van der Waals surface area contributed by atoms with E-state index in [1.807, 2.05) is 30.3 Å². The first-order valence-corrected chi connectivity index (χ1v) is 7.00. The molecule has 1 heterocycles. The van der Waals surface area contributed by atoms with Gasteiger partial charge in [0.05, 0.1) is 0 Å². The maximum atomic E-state index is 12.2. The molecule has 1 aromatic rings. The Morgan fingerprint density at radius 1 is 1.24 bits per heavy atom. The molecule has 0 spiro atoms. The van der Waals surface area contributed by atoms with Crippen LogP contribution in [-0.4, -0.2) is 53.8 Å². The summed E-state index contributed by atoms with van der Waals surface area (Å²) in [6.45, 7) is -0.0991. The Labute approximate surface area is 122 Å². The van der Waals surface area contributed by atoms with E-state index in [0.717, 1.165) is 23.4 Å². The van der Waals surface area contributed by atoms with Crippen LogP contribution in [-0.2, 0) is 9.59 Å². The third-order valence-electron chi connectivity index (χ3n) is 3.88. The molecule has 110 valence electrons. The van der Waals surface area contributed by atoms with E-state index in [1.54, 1.807) is 11.9 Å². The number of carbonyl (C=O) groups excluding carboxylic acids is 3. The van der Waals surface area contributed by atoms with Gasteiger partial charge in [-0.05, 0) is 25.0 Å². The van der Waals surface area contributed by atoms with Gasteiger partial charge in [0.2, 0.25) is 5.91 Å². The molecule has 1 saturated carbocycles. The molecular weight excluding hydrogens is 270 g/mol. The molecule has 2 aliphatic rings. The maximum absolute atomic E-state index is 12.2. The lowest BCUT2D eigenvalue weighted by Crippen LogP contribution is -2.42. The van der Waals surface area contributed by atoms with E-state index in [9.17, 15) is 14.4 Å². The fourth-order valence-electron chi connectivity index (χ4n) is 2.42. The number of anilines is 1. The van der Waals surface area contributed by atoms with E-state index in [0.29, 0.717) is 0 Å². The monoisotopic (exact) mass is 287 g/mol. The number of benzene rings is 1. The van der Waals surface area contributed by atoms with Gasteiger partial charge >= 0.3 is 6.03 Å². The highest BCUT2D eigenvalue weighted by atomic mass is 16.2. The summed E-state index contributed by atoms with van der Waals surface area (Å²) in [4.78, 5) is 40.4. The molecule has 1 aliphatic heterocycles. The molecule has 6 nitrogen and oxygen atoms in total. The van der Waals surface area contributed by atoms with Gasteiger partial charge in [-0.2, -0.15) is 0 Å². The van der Waals surface area contributed by atoms with Crippen molar-refractivity contribution in [1.82, 2.24) is 9.80 Å². The van der Waals surface area contributed by atoms with E-state index in [-0.39, 0.29) is 37.0 Å². The number of urea groups is 1. The second-order valence-corrected chi connectivity index (χ2v) is 5.41. The number of nitrogens with zero attached hydrogens (tertiary/aromatic N) is 3. The van der Waals surface area contributed by atoms with Crippen LogP contribution < -0.4 is 4.90 Å². The van der Waals surface area contributed by atoms with Gasteiger partial charge in [-0.25, -0.2) is 4.79 Å². The Balaban J connectivity index is 1.67. The SMILES string of the molecule is CN(C(=O)CN1C(=O)CN(C2CC2)C1=O)c1ccccc1. The number of hydrogen-bond acceptors (Lipinski definition) is 3. The molecule has 21 heavy (non-hydrogen) atoms. The van der Waals surface area contributed by atoms with Gasteiger partial charge in [0.15, 0.2) is 0 Å². The van der Waals surface area contributed by atoms with Gasteiger partial charge in [0.25, 0.3) is 5.91 Å². The molecule has 6 heteroatoms. The van der Waals surface area contributed by atoms with Crippen LogP contribution in [0.4, 0.5) is 10.5 Å². The average molecular weight is 287 g/mol. The molecule has 0 N–H and O–H groups in total. The van der Waals surface area contributed by atoms with Crippen molar-refractivity contribution in [3.8, 4) is 0 Å². The van der Waals surface area contributed by atoms with Gasteiger partial charge in [0.1, 0.15) is 13.1 Å². The molecule has 1 aliphatic carbocycles. The first-order chi connectivity index (χ1) is 10.1. The van der Waals surface area contributed by atoms with Crippen LogP contribution >= 0.6 is 0 Å². The summed E-state index contributed by atoms with van der Waals surface area (Å²) in [7, 11) is 1.64. The topological polar surface area (TPSA) is 60.9 Å². The molecular formula is C15H17N3O3. The van der Waals surface area contributed by atoms with Gasteiger partial charge in [0, 0.05) is 18.8 Å². The number of carbonyl (C=O) groups is 3. The predicted molar refractivity (Wildman–Crippen MR) is 76.7 cm³/mol. The quantitative estimate of drug-likeness (QED) is 0.778. The van der Waals surface area contributed by atoms with Crippen molar-refractivity contribution in [2.75, 3.05) is 25.0 Å². The Morgan fingerprint density at radius 2 is 1.90 bits per heavy atom. The van der Waals surface area contributed by atoms with Crippen LogP contribution in [0.25, 0.3) is 0 Å². The van der Waals surface area contributed by atoms with Crippen molar-refractivity contribution in [3.05, 3.63) is 30.3 Å². The zero-order valence-electron chi connectivity index (χ0n) is 11.9. The van der Waals surface area contributed by atoms with Crippen molar-refractivity contribution in [2.45, 2.75) is 18.9 Å². The van der Waals surface area contributed by atoms with E-state index in [4.69, 9.17) is 0 Å². The molecule has 4 amide bonds. The second kappa shape index (κ2) is 5.20. The number of hydrogen-bond donors (Lipinski definition) is 0. The Kier molecular flexibility index (Phi) is 3.37. The Bertz CT molecular complexity index is 583. The summed E-state index contributed by atoms with van der Waals surface area (Å²) in [5.41, 5.74) is 0.737. The van der Waals surface area contributed by atoms with Crippen molar-refractivity contribution in [3.63, 3.8) is 0 Å². The lowest BCUT2D eigenvalue weighted by Gasteiger charge is -2.21. The number of para-hydroxylation sites is 1. The third kappa shape index (κ3) is 2.61. The molecule has 1 saturated heterocycles. The molecule has 0 bridgehead atoms. The minimum Gasteiger partial charge on any atom is -0.314 e. The van der Waals surface area contributed by atoms with Crippen LogP contribution in [0.15, 0.2) is 30.3 Å².